The minimum absolute atomic E-state index is 0.114. The van der Waals surface area contributed by atoms with Gasteiger partial charge in [-0.25, -0.2) is 27.0 Å². The number of carbonyl (C=O) groups is 1. The maximum Gasteiger partial charge on any atom is 0.373 e. The topological polar surface area (TPSA) is 97.5 Å². The Kier molecular flexibility index (Phi) is 4.27. The molecule has 1 aromatic heterocycles. The van der Waals surface area contributed by atoms with Crippen molar-refractivity contribution in [1.29, 1.82) is 0 Å². The summed E-state index contributed by atoms with van der Waals surface area (Å²) in [6.07, 6.45) is 0.806. The zero-order chi connectivity index (χ0) is 16.5. The highest BCUT2D eigenvalue weighted by molar-refractivity contribution is 7.90. The van der Waals surface area contributed by atoms with Gasteiger partial charge in [-0.3, -0.25) is 0 Å². The second kappa shape index (κ2) is 5.84. The summed E-state index contributed by atoms with van der Waals surface area (Å²) < 4.78 is 53.8. The van der Waals surface area contributed by atoms with Gasteiger partial charge in [0.15, 0.2) is 0 Å². The lowest BCUT2D eigenvalue weighted by Crippen LogP contribution is -2.09. The summed E-state index contributed by atoms with van der Waals surface area (Å²) in [6, 6.07) is 2.64. The molecule has 0 saturated carbocycles. The number of nitrogens with zero attached hydrogens (tertiary/aromatic N) is 1. The zero-order valence-corrected chi connectivity index (χ0v) is 12.2. The molecule has 0 aliphatic rings. The standard InChI is InChI=1S/C13H11F2NO5S/c1-22(19,20)5-4-10-11(13(17)18)21-12(16-10)8-3-2-7(14)6-9(8)15/h2-3,6H,4-5H2,1H3,(H,17,18). The molecule has 0 atom stereocenters. The molecule has 1 N–H and O–H groups in total. The largest absolute Gasteiger partial charge is 0.475 e. The van der Waals surface area contributed by atoms with Gasteiger partial charge >= 0.3 is 5.97 Å². The van der Waals surface area contributed by atoms with Gasteiger partial charge in [0.05, 0.1) is 17.0 Å². The SMILES string of the molecule is CS(=O)(=O)CCc1nc(-c2ccc(F)cc2F)oc1C(=O)O. The van der Waals surface area contributed by atoms with Crippen LogP contribution in [0, 0.1) is 11.6 Å². The number of aromatic carboxylic acids is 1. The number of aromatic nitrogens is 1. The Balaban J connectivity index is 2.44. The van der Waals surface area contributed by atoms with Gasteiger partial charge in [-0.15, -0.1) is 0 Å². The number of halogens is 2. The Hall–Kier alpha value is -2.29. The van der Waals surface area contributed by atoms with Crippen LogP contribution in [0.2, 0.25) is 0 Å². The van der Waals surface area contributed by atoms with E-state index in [1.165, 1.54) is 0 Å². The number of hydrogen-bond acceptors (Lipinski definition) is 5. The van der Waals surface area contributed by atoms with E-state index in [0.717, 1.165) is 18.4 Å². The van der Waals surface area contributed by atoms with Crippen molar-refractivity contribution < 1.29 is 31.5 Å². The van der Waals surface area contributed by atoms with Crippen molar-refractivity contribution in [3.05, 3.63) is 41.3 Å². The molecule has 2 aromatic rings. The van der Waals surface area contributed by atoms with Crippen molar-refractivity contribution in [3.63, 3.8) is 0 Å². The van der Waals surface area contributed by atoms with E-state index in [4.69, 9.17) is 9.52 Å². The summed E-state index contributed by atoms with van der Waals surface area (Å²) in [7, 11) is -3.33. The van der Waals surface area contributed by atoms with Gasteiger partial charge < -0.3 is 9.52 Å². The quantitative estimate of drug-likeness (QED) is 0.899. The van der Waals surface area contributed by atoms with Gasteiger partial charge in [0.1, 0.15) is 21.5 Å². The lowest BCUT2D eigenvalue weighted by Gasteiger charge is -1.97. The molecule has 0 aliphatic carbocycles. The smallest absolute Gasteiger partial charge is 0.373 e. The van der Waals surface area contributed by atoms with Gasteiger partial charge in [0, 0.05) is 18.7 Å². The van der Waals surface area contributed by atoms with E-state index in [2.05, 4.69) is 4.98 Å². The Morgan fingerprint density at radius 1 is 1.36 bits per heavy atom. The Bertz CT molecular complexity index is 829. The number of sulfone groups is 1. The van der Waals surface area contributed by atoms with E-state index >= 15 is 0 Å². The summed E-state index contributed by atoms with van der Waals surface area (Å²) >= 11 is 0. The molecule has 0 saturated heterocycles. The van der Waals surface area contributed by atoms with Crippen LogP contribution in [0.3, 0.4) is 0 Å². The highest BCUT2D eigenvalue weighted by atomic mass is 32.2. The molecular formula is C13H11F2NO5S. The van der Waals surface area contributed by atoms with Gasteiger partial charge in [-0.2, -0.15) is 0 Å². The third-order valence-corrected chi connectivity index (χ3v) is 3.71. The van der Waals surface area contributed by atoms with Crippen molar-refractivity contribution in [2.24, 2.45) is 0 Å². The van der Waals surface area contributed by atoms with Crippen LogP contribution in [0.5, 0.6) is 0 Å². The van der Waals surface area contributed by atoms with Crippen LogP contribution in [0.1, 0.15) is 16.2 Å². The van der Waals surface area contributed by atoms with Crippen LogP contribution < -0.4 is 0 Å². The van der Waals surface area contributed by atoms with Crippen LogP contribution in [-0.4, -0.2) is 36.5 Å². The molecule has 1 heterocycles. The third-order valence-electron chi connectivity index (χ3n) is 2.76. The minimum atomic E-state index is -3.33. The number of hydrogen-bond donors (Lipinski definition) is 1. The molecule has 9 heteroatoms. The molecule has 0 fully saturated rings. The van der Waals surface area contributed by atoms with E-state index in [1.54, 1.807) is 0 Å². The fourth-order valence-electron chi connectivity index (χ4n) is 1.75. The van der Waals surface area contributed by atoms with Crippen molar-refractivity contribution in [1.82, 2.24) is 4.98 Å². The first-order valence-electron chi connectivity index (χ1n) is 6.03. The Morgan fingerprint density at radius 2 is 2.05 bits per heavy atom. The number of carboxylic acids is 1. The van der Waals surface area contributed by atoms with E-state index in [0.29, 0.717) is 6.07 Å². The van der Waals surface area contributed by atoms with Crippen molar-refractivity contribution in [2.45, 2.75) is 6.42 Å². The van der Waals surface area contributed by atoms with Crippen molar-refractivity contribution >= 4 is 15.8 Å². The molecule has 0 aliphatic heterocycles. The second-order valence-corrected chi connectivity index (χ2v) is 6.86. The average Bonchev–Trinajstić information content (AvgIpc) is 2.79. The van der Waals surface area contributed by atoms with Gasteiger partial charge in [-0.05, 0) is 12.1 Å². The molecule has 1 aromatic carbocycles. The zero-order valence-electron chi connectivity index (χ0n) is 11.3. The highest BCUT2D eigenvalue weighted by Gasteiger charge is 2.23. The summed E-state index contributed by atoms with van der Waals surface area (Å²) in [6.45, 7) is 0. The fourth-order valence-corrected chi connectivity index (χ4v) is 2.31. The maximum absolute atomic E-state index is 13.7. The minimum Gasteiger partial charge on any atom is -0.475 e. The molecule has 2 rings (SSSR count). The summed E-state index contributed by atoms with van der Waals surface area (Å²) in [5.74, 6) is -4.47. The lowest BCUT2D eigenvalue weighted by atomic mass is 10.2. The van der Waals surface area contributed by atoms with E-state index < -0.39 is 33.2 Å². The van der Waals surface area contributed by atoms with Gasteiger partial charge in [0.2, 0.25) is 11.7 Å². The highest BCUT2D eigenvalue weighted by Crippen LogP contribution is 2.25. The number of oxazole rings is 1. The monoisotopic (exact) mass is 331 g/mol. The number of benzene rings is 1. The van der Waals surface area contributed by atoms with Crippen molar-refractivity contribution in [2.75, 3.05) is 12.0 Å². The maximum atomic E-state index is 13.7. The van der Waals surface area contributed by atoms with Crippen LogP contribution >= 0.6 is 0 Å². The molecule has 6 nitrogen and oxygen atoms in total. The van der Waals surface area contributed by atoms with Crippen LogP contribution in [0.4, 0.5) is 8.78 Å². The first-order chi connectivity index (χ1) is 10.2. The van der Waals surface area contributed by atoms with Crippen LogP contribution in [-0.2, 0) is 16.3 Å². The molecule has 0 radical (unpaired) electrons. The molecule has 22 heavy (non-hydrogen) atoms. The van der Waals surface area contributed by atoms with Gasteiger partial charge in [-0.1, -0.05) is 0 Å². The number of aryl methyl sites for hydroxylation is 1. The lowest BCUT2D eigenvalue weighted by molar-refractivity contribution is 0.0661. The normalized spacial score (nSPS) is 11.6. The van der Waals surface area contributed by atoms with Crippen LogP contribution in [0.15, 0.2) is 22.6 Å². The number of carboxylic acid groups (broad SMARTS) is 1. The fraction of sp³-hybridized carbons (Fsp3) is 0.231. The predicted octanol–water partition coefficient (Wildman–Crippen LogP) is 1.91. The second-order valence-electron chi connectivity index (χ2n) is 4.60. The van der Waals surface area contributed by atoms with Gasteiger partial charge in [0.25, 0.3) is 0 Å². The first kappa shape index (κ1) is 16.1. The first-order valence-corrected chi connectivity index (χ1v) is 8.09. The molecule has 0 bridgehead atoms. The van der Waals surface area contributed by atoms with Crippen LogP contribution in [0.25, 0.3) is 11.5 Å². The molecule has 0 unspecified atom stereocenters. The molecular weight excluding hydrogens is 320 g/mol. The van der Waals surface area contributed by atoms with E-state index in [9.17, 15) is 22.0 Å². The Labute approximate surface area is 124 Å². The average molecular weight is 331 g/mol. The van der Waals surface area contributed by atoms with Crippen molar-refractivity contribution in [3.8, 4) is 11.5 Å². The van der Waals surface area contributed by atoms with E-state index in [-0.39, 0.29) is 29.3 Å². The summed E-state index contributed by atoms with van der Waals surface area (Å²) in [4.78, 5) is 14.9. The number of rotatable bonds is 5. The van der Waals surface area contributed by atoms with E-state index in [1.807, 2.05) is 0 Å². The predicted molar refractivity (Wildman–Crippen MR) is 72.2 cm³/mol. The summed E-state index contributed by atoms with van der Waals surface area (Å²) in [5, 5.41) is 9.03. The molecule has 118 valence electrons. The molecule has 0 spiro atoms. The third kappa shape index (κ3) is 3.67. The Morgan fingerprint density at radius 3 is 2.59 bits per heavy atom. The summed E-state index contributed by atoms with van der Waals surface area (Å²) in [5.41, 5.74) is -0.328. The molecule has 0 amide bonds.